The van der Waals surface area contributed by atoms with E-state index in [1.165, 1.54) is 18.3 Å². The molecule has 0 atom stereocenters. The van der Waals surface area contributed by atoms with Gasteiger partial charge in [-0.15, -0.1) is 0 Å². The summed E-state index contributed by atoms with van der Waals surface area (Å²) in [6.45, 7) is 0. The van der Waals surface area contributed by atoms with Crippen LogP contribution in [0.2, 0.25) is 0 Å². The van der Waals surface area contributed by atoms with Gasteiger partial charge in [0.2, 0.25) is 0 Å². The summed E-state index contributed by atoms with van der Waals surface area (Å²) in [5.74, 6) is -2.08. The van der Waals surface area contributed by atoms with Crippen molar-refractivity contribution in [3.63, 3.8) is 0 Å². The van der Waals surface area contributed by atoms with Gasteiger partial charge in [0.05, 0.1) is 11.1 Å². The predicted molar refractivity (Wildman–Crippen MR) is 65.3 cm³/mol. The van der Waals surface area contributed by atoms with Crippen LogP contribution in [-0.4, -0.2) is 21.8 Å². The maximum absolute atomic E-state index is 12.8. The van der Waals surface area contributed by atoms with E-state index in [4.69, 9.17) is 0 Å². The fraction of sp³-hybridized carbons (Fsp3) is 0.0769. The number of aromatic nitrogens is 2. The monoisotopic (exact) mass is 295 g/mol. The highest BCUT2D eigenvalue weighted by Crippen LogP contribution is 2.31. The Labute approximate surface area is 116 Å². The molecule has 0 radical (unpaired) electrons. The Balaban J connectivity index is 2.24. The summed E-state index contributed by atoms with van der Waals surface area (Å²) in [6, 6.07) is 5.07. The molecule has 2 aromatic heterocycles. The number of carbonyl (C=O) groups excluding carboxylic acids is 2. The number of hydrogen-bond acceptors (Lipinski definition) is 4. The minimum Gasteiger partial charge on any atom is -0.287 e. The first-order valence-corrected chi connectivity index (χ1v) is 5.67. The van der Waals surface area contributed by atoms with Crippen molar-refractivity contribution in [3.05, 3.63) is 59.7 Å². The van der Waals surface area contributed by atoms with Crippen LogP contribution >= 0.6 is 0 Å². The molecule has 108 valence electrons. The fourth-order valence-corrected chi connectivity index (χ4v) is 1.55. The third-order valence-electron chi connectivity index (χ3n) is 2.50. The highest BCUT2D eigenvalue weighted by Gasteiger charge is 2.35. The van der Waals surface area contributed by atoms with E-state index in [0.29, 0.717) is 6.07 Å². The molecule has 0 unspecified atom stereocenters. The van der Waals surface area contributed by atoms with Crippen molar-refractivity contribution in [2.24, 2.45) is 0 Å². The molecule has 0 saturated carbocycles. The number of nitrogens with one attached hydrogen (secondary N) is 1. The van der Waals surface area contributed by atoms with Gasteiger partial charge in [0.1, 0.15) is 5.69 Å². The molecular weight excluding hydrogens is 287 g/mol. The molecule has 8 heteroatoms. The molecule has 0 saturated heterocycles. The Bertz CT molecular complexity index is 672. The van der Waals surface area contributed by atoms with Crippen molar-refractivity contribution in [1.29, 1.82) is 0 Å². The second-order valence-electron chi connectivity index (χ2n) is 3.92. The zero-order valence-electron chi connectivity index (χ0n) is 10.4. The van der Waals surface area contributed by atoms with Crippen molar-refractivity contribution in [2.45, 2.75) is 6.18 Å². The lowest BCUT2D eigenvalue weighted by atomic mass is 10.1. The summed E-state index contributed by atoms with van der Waals surface area (Å²) in [6.07, 6.45) is -1.72. The van der Waals surface area contributed by atoms with E-state index in [1.54, 1.807) is 6.07 Å². The minimum atomic E-state index is -4.72. The van der Waals surface area contributed by atoms with Crippen LogP contribution in [-0.2, 0) is 6.18 Å². The van der Waals surface area contributed by atoms with Gasteiger partial charge in [0.25, 0.3) is 11.8 Å². The molecule has 0 aromatic carbocycles. The van der Waals surface area contributed by atoms with Gasteiger partial charge in [-0.25, -0.2) is 0 Å². The van der Waals surface area contributed by atoms with E-state index >= 15 is 0 Å². The topological polar surface area (TPSA) is 72.0 Å². The van der Waals surface area contributed by atoms with E-state index in [0.717, 1.165) is 12.4 Å². The number of halogens is 3. The van der Waals surface area contributed by atoms with Crippen molar-refractivity contribution < 1.29 is 22.8 Å². The second-order valence-corrected chi connectivity index (χ2v) is 3.92. The van der Waals surface area contributed by atoms with Crippen molar-refractivity contribution >= 4 is 11.8 Å². The first-order valence-electron chi connectivity index (χ1n) is 5.67. The zero-order valence-corrected chi connectivity index (χ0v) is 10.4. The summed E-state index contributed by atoms with van der Waals surface area (Å²) in [5, 5.41) is 1.84. The Hall–Kier alpha value is -2.77. The molecule has 1 N–H and O–H groups in total. The number of alkyl halides is 3. The van der Waals surface area contributed by atoms with Gasteiger partial charge in [0, 0.05) is 18.6 Å². The van der Waals surface area contributed by atoms with E-state index in [2.05, 4.69) is 9.97 Å². The van der Waals surface area contributed by atoms with E-state index in [-0.39, 0.29) is 5.69 Å². The lowest BCUT2D eigenvalue weighted by Gasteiger charge is -2.11. The van der Waals surface area contributed by atoms with Gasteiger partial charge in [0.15, 0.2) is 0 Å². The smallest absolute Gasteiger partial charge is 0.287 e. The van der Waals surface area contributed by atoms with Crippen LogP contribution in [0.25, 0.3) is 0 Å². The number of pyridine rings is 2. The van der Waals surface area contributed by atoms with Gasteiger partial charge >= 0.3 is 6.18 Å². The molecule has 0 fully saturated rings. The van der Waals surface area contributed by atoms with Crippen LogP contribution in [0.4, 0.5) is 13.2 Å². The number of carbonyl (C=O) groups is 2. The zero-order chi connectivity index (χ0) is 15.5. The van der Waals surface area contributed by atoms with Crippen LogP contribution in [0.1, 0.15) is 26.4 Å². The van der Waals surface area contributed by atoms with Crippen LogP contribution in [0, 0.1) is 0 Å². The Kier molecular flexibility index (Phi) is 3.97. The quantitative estimate of drug-likeness (QED) is 0.861. The van der Waals surface area contributed by atoms with Gasteiger partial charge in [-0.2, -0.15) is 13.2 Å². The highest BCUT2D eigenvalue weighted by molar-refractivity contribution is 6.10. The fourth-order valence-electron chi connectivity index (χ4n) is 1.55. The SMILES string of the molecule is O=C(NC(=O)c1cnccc1C(F)(F)F)c1ccccn1. The van der Waals surface area contributed by atoms with E-state index < -0.39 is 29.1 Å². The summed E-state index contributed by atoms with van der Waals surface area (Å²) in [4.78, 5) is 30.7. The molecule has 2 amide bonds. The average molecular weight is 295 g/mol. The third kappa shape index (κ3) is 3.41. The Morgan fingerprint density at radius 3 is 2.43 bits per heavy atom. The first-order chi connectivity index (χ1) is 9.89. The molecule has 21 heavy (non-hydrogen) atoms. The predicted octanol–water partition coefficient (Wildman–Crippen LogP) is 2.07. The largest absolute Gasteiger partial charge is 0.417 e. The molecule has 2 heterocycles. The normalized spacial score (nSPS) is 11.0. The summed E-state index contributed by atoms with van der Waals surface area (Å²) in [5.41, 5.74) is -1.97. The second kappa shape index (κ2) is 5.70. The standard InChI is InChI=1S/C13H8F3N3O2/c14-13(15,16)9-4-6-17-7-8(9)11(20)19-12(21)10-3-1-2-5-18-10/h1-7H,(H,19,20,21). The number of hydrogen-bond donors (Lipinski definition) is 1. The minimum absolute atomic E-state index is 0.0803. The van der Waals surface area contributed by atoms with Crippen LogP contribution in [0.15, 0.2) is 42.9 Å². The number of rotatable bonds is 2. The molecule has 0 aliphatic rings. The number of nitrogens with zero attached hydrogens (tertiary/aromatic N) is 2. The molecule has 2 rings (SSSR count). The van der Waals surface area contributed by atoms with E-state index in [1.807, 2.05) is 5.32 Å². The molecule has 5 nitrogen and oxygen atoms in total. The number of imide groups is 1. The average Bonchev–Trinajstić information content (AvgIpc) is 2.47. The lowest BCUT2D eigenvalue weighted by Crippen LogP contribution is -2.32. The van der Waals surface area contributed by atoms with Gasteiger partial charge in [-0.3, -0.25) is 24.9 Å². The third-order valence-corrected chi connectivity index (χ3v) is 2.50. The van der Waals surface area contributed by atoms with Gasteiger partial charge < -0.3 is 0 Å². The first kappa shape index (κ1) is 14.6. The molecule has 2 aromatic rings. The molecule has 0 aliphatic heterocycles. The molecule has 0 aliphatic carbocycles. The van der Waals surface area contributed by atoms with Crippen LogP contribution in [0.5, 0.6) is 0 Å². The lowest BCUT2D eigenvalue weighted by molar-refractivity contribution is -0.138. The number of amides is 2. The maximum Gasteiger partial charge on any atom is 0.417 e. The molecule has 0 bridgehead atoms. The van der Waals surface area contributed by atoms with E-state index in [9.17, 15) is 22.8 Å². The Morgan fingerprint density at radius 1 is 1.05 bits per heavy atom. The summed E-state index contributed by atoms with van der Waals surface area (Å²) >= 11 is 0. The van der Waals surface area contributed by atoms with Crippen molar-refractivity contribution in [3.8, 4) is 0 Å². The molecular formula is C13H8F3N3O2. The van der Waals surface area contributed by atoms with Gasteiger partial charge in [-0.05, 0) is 18.2 Å². The van der Waals surface area contributed by atoms with Crippen LogP contribution in [0.3, 0.4) is 0 Å². The van der Waals surface area contributed by atoms with Crippen molar-refractivity contribution in [1.82, 2.24) is 15.3 Å². The summed E-state index contributed by atoms with van der Waals surface area (Å²) in [7, 11) is 0. The highest BCUT2D eigenvalue weighted by atomic mass is 19.4. The van der Waals surface area contributed by atoms with Crippen molar-refractivity contribution in [2.75, 3.05) is 0 Å². The van der Waals surface area contributed by atoms with Crippen LogP contribution < -0.4 is 5.32 Å². The molecule has 0 spiro atoms. The Morgan fingerprint density at radius 2 is 1.81 bits per heavy atom. The maximum atomic E-state index is 12.8. The van der Waals surface area contributed by atoms with Gasteiger partial charge in [-0.1, -0.05) is 6.07 Å². The summed E-state index contributed by atoms with van der Waals surface area (Å²) < 4.78 is 38.3.